The van der Waals surface area contributed by atoms with Gasteiger partial charge in [-0.25, -0.2) is 4.79 Å². The van der Waals surface area contributed by atoms with Crippen LogP contribution in [0.4, 0.5) is 0 Å². The van der Waals surface area contributed by atoms with Crippen LogP contribution in [0.15, 0.2) is 41.0 Å². The van der Waals surface area contributed by atoms with Crippen LogP contribution in [0.1, 0.15) is 16.1 Å². The summed E-state index contributed by atoms with van der Waals surface area (Å²) in [5.41, 5.74) is 0.135. The Morgan fingerprint density at radius 3 is 2.82 bits per heavy atom. The van der Waals surface area contributed by atoms with Crippen LogP contribution in [0.25, 0.3) is 0 Å². The molecule has 0 spiro atoms. The van der Waals surface area contributed by atoms with Crippen LogP contribution in [0.3, 0.4) is 0 Å². The number of carboxylic acids is 1. The SMILES string of the molecule is O=C(O)c1ccoc1COc1ccccc1I. The molecule has 2 rings (SSSR count). The summed E-state index contributed by atoms with van der Waals surface area (Å²) >= 11 is 2.15. The summed E-state index contributed by atoms with van der Waals surface area (Å²) in [6, 6.07) is 8.92. The summed E-state index contributed by atoms with van der Waals surface area (Å²) in [7, 11) is 0. The average Bonchev–Trinajstić information content (AvgIpc) is 2.76. The summed E-state index contributed by atoms with van der Waals surface area (Å²) in [6.45, 7) is 0.106. The highest BCUT2D eigenvalue weighted by Gasteiger charge is 2.14. The zero-order chi connectivity index (χ0) is 12.3. The minimum atomic E-state index is -1.01. The molecule has 5 heteroatoms. The highest BCUT2D eigenvalue weighted by Crippen LogP contribution is 2.21. The molecule has 0 saturated carbocycles. The minimum absolute atomic E-state index is 0.106. The second-order valence-electron chi connectivity index (χ2n) is 3.28. The third-order valence-electron chi connectivity index (χ3n) is 2.17. The Morgan fingerprint density at radius 1 is 1.35 bits per heavy atom. The van der Waals surface area contributed by atoms with Crippen molar-refractivity contribution in [3.8, 4) is 5.75 Å². The van der Waals surface area contributed by atoms with E-state index in [0.717, 1.165) is 3.57 Å². The number of hydrogen-bond acceptors (Lipinski definition) is 3. The predicted molar refractivity (Wildman–Crippen MR) is 69.2 cm³/mol. The molecule has 0 unspecified atom stereocenters. The van der Waals surface area contributed by atoms with Crippen LogP contribution in [0, 0.1) is 3.57 Å². The van der Waals surface area contributed by atoms with Crippen molar-refractivity contribution in [1.29, 1.82) is 0 Å². The quantitative estimate of drug-likeness (QED) is 0.866. The van der Waals surface area contributed by atoms with Crippen LogP contribution in [-0.4, -0.2) is 11.1 Å². The fraction of sp³-hybridized carbons (Fsp3) is 0.0833. The average molecular weight is 344 g/mol. The number of carbonyl (C=O) groups is 1. The smallest absolute Gasteiger partial charge is 0.339 e. The predicted octanol–water partition coefficient (Wildman–Crippen LogP) is 3.16. The molecule has 0 aliphatic heterocycles. The van der Waals surface area contributed by atoms with E-state index in [4.69, 9.17) is 14.3 Å². The first-order valence-electron chi connectivity index (χ1n) is 4.85. The van der Waals surface area contributed by atoms with Gasteiger partial charge in [-0.15, -0.1) is 0 Å². The molecule has 88 valence electrons. The summed E-state index contributed by atoms with van der Waals surface area (Å²) in [6.07, 6.45) is 1.35. The Hall–Kier alpha value is -1.50. The van der Waals surface area contributed by atoms with Crippen molar-refractivity contribution in [2.45, 2.75) is 6.61 Å². The van der Waals surface area contributed by atoms with Crippen LogP contribution in [0.2, 0.25) is 0 Å². The fourth-order valence-corrected chi connectivity index (χ4v) is 1.89. The Kier molecular flexibility index (Phi) is 3.68. The van der Waals surface area contributed by atoms with E-state index >= 15 is 0 Å². The minimum Gasteiger partial charge on any atom is -0.485 e. The molecule has 0 saturated heterocycles. The van der Waals surface area contributed by atoms with Gasteiger partial charge in [0, 0.05) is 0 Å². The van der Waals surface area contributed by atoms with Gasteiger partial charge in [-0.2, -0.15) is 0 Å². The van der Waals surface area contributed by atoms with E-state index in [1.807, 2.05) is 24.3 Å². The van der Waals surface area contributed by atoms with Gasteiger partial charge >= 0.3 is 5.97 Å². The lowest BCUT2D eigenvalue weighted by atomic mass is 10.2. The Bertz CT molecular complexity index is 533. The molecule has 17 heavy (non-hydrogen) atoms. The van der Waals surface area contributed by atoms with Gasteiger partial charge in [0.15, 0.2) is 5.76 Å². The molecule has 0 atom stereocenters. The van der Waals surface area contributed by atoms with Crippen LogP contribution in [-0.2, 0) is 6.61 Å². The highest BCUT2D eigenvalue weighted by molar-refractivity contribution is 14.1. The molecule has 2 aromatic rings. The standard InChI is InChI=1S/C12H9IO4/c13-9-3-1-2-4-10(9)17-7-11-8(12(14)15)5-6-16-11/h1-6H,7H2,(H,14,15). The van der Waals surface area contributed by atoms with Gasteiger partial charge in [-0.1, -0.05) is 12.1 Å². The monoisotopic (exact) mass is 344 g/mol. The number of benzene rings is 1. The number of ether oxygens (including phenoxy) is 1. The molecule has 0 aliphatic carbocycles. The van der Waals surface area contributed by atoms with E-state index in [1.165, 1.54) is 12.3 Å². The largest absolute Gasteiger partial charge is 0.485 e. The van der Waals surface area contributed by atoms with Crippen molar-refractivity contribution in [3.63, 3.8) is 0 Å². The zero-order valence-electron chi connectivity index (χ0n) is 8.72. The lowest BCUT2D eigenvalue weighted by Crippen LogP contribution is -2.03. The van der Waals surface area contributed by atoms with E-state index in [0.29, 0.717) is 11.5 Å². The molecular weight excluding hydrogens is 335 g/mol. The number of aromatic carboxylic acids is 1. The lowest BCUT2D eigenvalue weighted by Gasteiger charge is -2.06. The second kappa shape index (κ2) is 5.22. The highest BCUT2D eigenvalue weighted by atomic mass is 127. The number of hydrogen-bond donors (Lipinski definition) is 1. The normalized spacial score (nSPS) is 10.2. The first-order valence-corrected chi connectivity index (χ1v) is 5.93. The first-order chi connectivity index (χ1) is 8.18. The van der Waals surface area contributed by atoms with Crippen molar-refractivity contribution in [2.75, 3.05) is 0 Å². The zero-order valence-corrected chi connectivity index (χ0v) is 10.9. The fourth-order valence-electron chi connectivity index (χ4n) is 1.35. The molecule has 0 bridgehead atoms. The Labute approximate surface area is 111 Å². The lowest BCUT2D eigenvalue weighted by molar-refractivity contribution is 0.0692. The number of rotatable bonds is 4. The van der Waals surface area contributed by atoms with E-state index < -0.39 is 5.97 Å². The van der Waals surface area contributed by atoms with Crippen molar-refractivity contribution >= 4 is 28.6 Å². The number of halogens is 1. The van der Waals surface area contributed by atoms with Gasteiger partial charge in [0.25, 0.3) is 0 Å². The van der Waals surface area contributed by atoms with Crippen molar-refractivity contribution in [2.24, 2.45) is 0 Å². The van der Waals surface area contributed by atoms with Gasteiger partial charge in [0.1, 0.15) is 17.9 Å². The molecule has 1 aromatic carbocycles. The van der Waals surface area contributed by atoms with E-state index in [-0.39, 0.29) is 12.2 Å². The second-order valence-corrected chi connectivity index (χ2v) is 4.44. The molecule has 1 N–H and O–H groups in total. The van der Waals surface area contributed by atoms with Gasteiger partial charge in [0.05, 0.1) is 9.83 Å². The summed E-state index contributed by atoms with van der Waals surface area (Å²) < 4.78 is 11.6. The van der Waals surface area contributed by atoms with E-state index in [9.17, 15) is 4.79 Å². The van der Waals surface area contributed by atoms with Crippen molar-refractivity contribution < 1.29 is 19.1 Å². The van der Waals surface area contributed by atoms with E-state index in [2.05, 4.69) is 22.6 Å². The summed E-state index contributed by atoms with van der Waals surface area (Å²) in [5.74, 6) is 0.0121. The van der Waals surface area contributed by atoms with Crippen LogP contribution < -0.4 is 4.74 Å². The topological polar surface area (TPSA) is 59.7 Å². The molecule has 0 amide bonds. The molecule has 0 aliphatic rings. The Morgan fingerprint density at radius 2 is 2.12 bits per heavy atom. The first kappa shape index (κ1) is 12.0. The van der Waals surface area contributed by atoms with Gasteiger partial charge in [0.2, 0.25) is 0 Å². The maximum Gasteiger partial charge on any atom is 0.339 e. The van der Waals surface area contributed by atoms with Gasteiger partial charge in [-0.3, -0.25) is 0 Å². The van der Waals surface area contributed by atoms with Crippen LogP contribution >= 0.6 is 22.6 Å². The van der Waals surface area contributed by atoms with E-state index in [1.54, 1.807) is 0 Å². The van der Waals surface area contributed by atoms with Crippen molar-refractivity contribution in [1.82, 2.24) is 0 Å². The maximum atomic E-state index is 10.8. The summed E-state index contributed by atoms with van der Waals surface area (Å²) in [4.78, 5) is 10.8. The number of para-hydroxylation sites is 1. The number of furan rings is 1. The molecule has 1 heterocycles. The summed E-state index contributed by atoms with van der Waals surface area (Å²) in [5, 5.41) is 8.89. The molecular formula is C12H9IO4. The molecule has 0 fully saturated rings. The molecule has 0 radical (unpaired) electrons. The Balaban J connectivity index is 2.10. The maximum absolute atomic E-state index is 10.8. The van der Waals surface area contributed by atoms with Crippen LogP contribution in [0.5, 0.6) is 5.75 Å². The number of carboxylic acid groups (broad SMARTS) is 1. The van der Waals surface area contributed by atoms with Crippen molar-refractivity contribution in [3.05, 3.63) is 51.5 Å². The van der Waals surface area contributed by atoms with Gasteiger partial charge < -0.3 is 14.3 Å². The molecule has 4 nitrogen and oxygen atoms in total. The third-order valence-corrected chi connectivity index (χ3v) is 3.06. The molecule has 1 aromatic heterocycles. The van der Waals surface area contributed by atoms with Gasteiger partial charge in [-0.05, 0) is 40.8 Å². The third kappa shape index (κ3) is 2.79.